The van der Waals surface area contributed by atoms with Crippen LogP contribution in [-0.2, 0) is 0 Å². The van der Waals surface area contributed by atoms with Gasteiger partial charge in [0, 0.05) is 6.61 Å². The molecule has 7 nitrogen and oxygen atoms in total. The van der Waals surface area contributed by atoms with Crippen LogP contribution in [0.1, 0.15) is 23.2 Å². The molecule has 0 fully saturated rings. The second-order valence-electron chi connectivity index (χ2n) is 4.39. The molecule has 0 aliphatic rings. The largest absolute Gasteiger partial charge is 0.493 e. The summed E-state index contributed by atoms with van der Waals surface area (Å²) in [4.78, 5) is 11.2. The second-order valence-corrected chi connectivity index (χ2v) is 4.39. The molecule has 1 atom stereocenters. The first kappa shape index (κ1) is 17.2. The van der Waals surface area contributed by atoms with Crippen LogP contribution in [-0.4, -0.2) is 58.9 Å². The molecule has 1 rings (SSSR count). The number of aliphatic hydroxyl groups is 3. The maximum Gasteiger partial charge on any atom is 0.339 e. The Morgan fingerprint density at radius 2 is 1.95 bits per heavy atom. The van der Waals surface area contributed by atoms with Crippen LogP contribution in [0.5, 0.6) is 11.5 Å². The van der Waals surface area contributed by atoms with Crippen molar-refractivity contribution < 1.29 is 34.7 Å². The van der Waals surface area contributed by atoms with Crippen LogP contribution in [0.4, 0.5) is 0 Å². The standard InChI is InChI=1S/C14H20O7/c15-5-1-2-6-20-13-4-3-11(7-12(13)14(18)19)21-9-10(17)8-16/h3-4,7,10,15-17H,1-2,5-6,8-9H2,(H,18,19). The minimum Gasteiger partial charge on any atom is -0.493 e. The molecule has 0 amide bonds. The van der Waals surface area contributed by atoms with Crippen LogP contribution in [0.15, 0.2) is 18.2 Å². The molecule has 4 N–H and O–H groups in total. The lowest BCUT2D eigenvalue weighted by atomic mass is 10.2. The van der Waals surface area contributed by atoms with Crippen LogP contribution in [0.2, 0.25) is 0 Å². The van der Waals surface area contributed by atoms with Gasteiger partial charge in [-0.1, -0.05) is 0 Å². The van der Waals surface area contributed by atoms with Gasteiger partial charge in [0.2, 0.25) is 0 Å². The molecule has 0 aliphatic carbocycles. The summed E-state index contributed by atoms with van der Waals surface area (Å²) in [6, 6.07) is 4.30. The van der Waals surface area contributed by atoms with Crippen molar-refractivity contribution in [3.63, 3.8) is 0 Å². The van der Waals surface area contributed by atoms with E-state index in [1.807, 2.05) is 0 Å². The van der Waals surface area contributed by atoms with Crippen molar-refractivity contribution in [2.75, 3.05) is 26.4 Å². The van der Waals surface area contributed by atoms with Crippen LogP contribution in [0.25, 0.3) is 0 Å². The normalized spacial score (nSPS) is 12.0. The highest BCUT2D eigenvalue weighted by molar-refractivity contribution is 5.91. The molecule has 0 saturated heterocycles. The van der Waals surface area contributed by atoms with Gasteiger partial charge in [-0.3, -0.25) is 0 Å². The summed E-state index contributed by atoms with van der Waals surface area (Å²) < 4.78 is 10.6. The number of aliphatic hydroxyl groups excluding tert-OH is 3. The van der Waals surface area contributed by atoms with Gasteiger partial charge in [-0.2, -0.15) is 0 Å². The lowest BCUT2D eigenvalue weighted by Gasteiger charge is -2.13. The molecule has 118 valence electrons. The van der Waals surface area contributed by atoms with Crippen molar-refractivity contribution in [2.24, 2.45) is 0 Å². The maximum atomic E-state index is 11.2. The van der Waals surface area contributed by atoms with E-state index in [0.717, 1.165) is 0 Å². The Hall–Kier alpha value is -1.83. The Kier molecular flexibility index (Phi) is 7.52. The van der Waals surface area contributed by atoms with Crippen molar-refractivity contribution in [1.29, 1.82) is 0 Å². The molecule has 0 aromatic heterocycles. The highest BCUT2D eigenvalue weighted by Gasteiger charge is 2.13. The van der Waals surface area contributed by atoms with E-state index in [2.05, 4.69) is 0 Å². The summed E-state index contributed by atoms with van der Waals surface area (Å²) >= 11 is 0. The van der Waals surface area contributed by atoms with Gasteiger partial charge in [0.1, 0.15) is 29.8 Å². The van der Waals surface area contributed by atoms with Crippen LogP contribution >= 0.6 is 0 Å². The Morgan fingerprint density at radius 3 is 2.57 bits per heavy atom. The summed E-state index contributed by atoms with van der Waals surface area (Å²) in [5.41, 5.74) is -0.0463. The van der Waals surface area contributed by atoms with E-state index in [4.69, 9.17) is 24.8 Å². The molecule has 1 aromatic carbocycles. The Balaban J connectivity index is 2.70. The van der Waals surface area contributed by atoms with Gasteiger partial charge in [0.05, 0.1) is 13.2 Å². The average molecular weight is 300 g/mol. The van der Waals surface area contributed by atoms with E-state index in [-0.39, 0.29) is 30.3 Å². The molecule has 0 aliphatic heterocycles. The predicted molar refractivity (Wildman–Crippen MR) is 73.8 cm³/mol. The van der Waals surface area contributed by atoms with Gasteiger partial charge in [-0.05, 0) is 31.0 Å². The molecule has 21 heavy (non-hydrogen) atoms. The van der Waals surface area contributed by atoms with Crippen molar-refractivity contribution in [1.82, 2.24) is 0 Å². The lowest BCUT2D eigenvalue weighted by Crippen LogP contribution is -2.21. The van der Waals surface area contributed by atoms with Crippen molar-refractivity contribution in [3.05, 3.63) is 23.8 Å². The molecule has 0 radical (unpaired) electrons. The fourth-order valence-electron chi connectivity index (χ4n) is 1.53. The van der Waals surface area contributed by atoms with E-state index in [0.29, 0.717) is 19.4 Å². The number of carboxylic acids is 1. The summed E-state index contributed by atoms with van der Waals surface area (Å²) in [5, 5.41) is 35.7. The Bertz CT molecular complexity index is 447. The zero-order chi connectivity index (χ0) is 15.7. The summed E-state index contributed by atoms with van der Waals surface area (Å²) in [5.74, 6) is -0.668. The van der Waals surface area contributed by atoms with E-state index >= 15 is 0 Å². The molecule has 0 bridgehead atoms. The number of carboxylic acid groups (broad SMARTS) is 1. The molecule has 1 aromatic rings. The van der Waals surface area contributed by atoms with Crippen LogP contribution in [0, 0.1) is 0 Å². The Morgan fingerprint density at radius 1 is 1.19 bits per heavy atom. The van der Waals surface area contributed by atoms with Crippen molar-refractivity contribution >= 4 is 5.97 Å². The number of aromatic carboxylic acids is 1. The van der Waals surface area contributed by atoms with E-state index in [1.165, 1.54) is 18.2 Å². The van der Waals surface area contributed by atoms with Gasteiger partial charge < -0.3 is 29.9 Å². The third kappa shape index (κ3) is 5.99. The molecular weight excluding hydrogens is 280 g/mol. The third-order valence-electron chi connectivity index (χ3n) is 2.64. The fourth-order valence-corrected chi connectivity index (χ4v) is 1.53. The minimum absolute atomic E-state index is 0.0463. The molecule has 1 unspecified atom stereocenters. The second kappa shape index (κ2) is 9.17. The SMILES string of the molecule is O=C(O)c1cc(OCC(O)CO)ccc1OCCCCO. The lowest BCUT2D eigenvalue weighted by molar-refractivity contribution is 0.0534. The van der Waals surface area contributed by atoms with E-state index in [9.17, 15) is 9.90 Å². The summed E-state index contributed by atoms with van der Waals surface area (Å²) in [7, 11) is 0. The smallest absolute Gasteiger partial charge is 0.339 e. The van der Waals surface area contributed by atoms with E-state index < -0.39 is 18.7 Å². The third-order valence-corrected chi connectivity index (χ3v) is 2.64. The first-order chi connectivity index (χ1) is 10.1. The quantitative estimate of drug-likeness (QED) is 0.458. The van der Waals surface area contributed by atoms with Gasteiger partial charge in [0.15, 0.2) is 0 Å². The maximum absolute atomic E-state index is 11.2. The summed E-state index contributed by atoms with van der Waals surface area (Å²) in [6.45, 7) is -0.191. The average Bonchev–Trinajstić information content (AvgIpc) is 2.49. The molecule has 0 spiro atoms. The summed E-state index contributed by atoms with van der Waals surface area (Å²) in [6.07, 6.45) is 0.187. The number of ether oxygens (including phenoxy) is 2. The first-order valence-electron chi connectivity index (χ1n) is 6.61. The number of hydrogen-bond acceptors (Lipinski definition) is 6. The van der Waals surface area contributed by atoms with Crippen LogP contribution in [0.3, 0.4) is 0 Å². The Labute approximate surface area is 122 Å². The first-order valence-corrected chi connectivity index (χ1v) is 6.61. The number of unbranched alkanes of at least 4 members (excludes halogenated alkanes) is 1. The molecule has 7 heteroatoms. The molecular formula is C14H20O7. The highest BCUT2D eigenvalue weighted by Crippen LogP contribution is 2.24. The fraction of sp³-hybridized carbons (Fsp3) is 0.500. The molecule has 0 saturated carbocycles. The van der Waals surface area contributed by atoms with Crippen molar-refractivity contribution in [3.8, 4) is 11.5 Å². The van der Waals surface area contributed by atoms with Gasteiger partial charge in [-0.15, -0.1) is 0 Å². The predicted octanol–water partition coefficient (Wildman–Crippen LogP) is 0.268. The number of benzene rings is 1. The number of rotatable bonds is 10. The highest BCUT2D eigenvalue weighted by atomic mass is 16.5. The number of hydrogen-bond donors (Lipinski definition) is 4. The zero-order valence-corrected chi connectivity index (χ0v) is 11.6. The van der Waals surface area contributed by atoms with Crippen LogP contribution < -0.4 is 9.47 Å². The van der Waals surface area contributed by atoms with E-state index in [1.54, 1.807) is 0 Å². The van der Waals surface area contributed by atoms with Gasteiger partial charge in [-0.25, -0.2) is 4.79 Å². The molecule has 0 heterocycles. The zero-order valence-electron chi connectivity index (χ0n) is 11.6. The number of carbonyl (C=O) groups is 1. The van der Waals surface area contributed by atoms with Gasteiger partial charge >= 0.3 is 5.97 Å². The minimum atomic E-state index is -1.15. The monoisotopic (exact) mass is 300 g/mol. The topological polar surface area (TPSA) is 116 Å². The van der Waals surface area contributed by atoms with Gasteiger partial charge in [0.25, 0.3) is 0 Å². The van der Waals surface area contributed by atoms with Crippen molar-refractivity contribution in [2.45, 2.75) is 18.9 Å².